The van der Waals surface area contributed by atoms with Gasteiger partial charge in [-0.2, -0.15) is 0 Å². The molecule has 1 rings (SSSR count). The fourth-order valence-corrected chi connectivity index (χ4v) is 1.46. The molecule has 5 nitrogen and oxygen atoms in total. The molecule has 3 N–H and O–H groups in total. The first-order valence-corrected chi connectivity index (χ1v) is 6.52. The predicted octanol–water partition coefficient (Wildman–Crippen LogP) is 3.52. The van der Waals surface area contributed by atoms with Gasteiger partial charge in [0.1, 0.15) is 0 Å². The summed E-state index contributed by atoms with van der Waals surface area (Å²) in [6.45, 7) is 4.74. The number of halogens is 4. The van der Waals surface area contributed by atoms with Gasteiger partial charge in [-0.15, -0.1) is 43.7 Å². The predicted molar refractivity (Wildman–Crippen MR) is 94.3 cm³/mol. The van der Waals surface area contributed by atoms with Crippen LogP contribution in [0.25, 0.3) is 0 Å². The summed E-state index contributed by atoms with van der Waals surface area (Å²) in [6, 6.07) is 5.57. The van der Waals surface area contributed by atoms with E-state index in [1.165, 1.54) is 18.2 Å². The Labute approximate surface area is 149 Å². The van der Waals surface area contributed by atoms with Crippen molar-refractivity contribution in [2.75, 3.05) is 25.1 Å². The second-order valence-electron chi connectivity index (χ2n) is 4.13. The molecule has 0 unspecified atom stereocenters. The minimum absolute atomic E-state index is 0. The number of anilines is 1. The smallest absolute Gasteiger partial charge is 0.404 e. The number of para-hydroxylation sites is 2. The molecule has 0 aliphatic heterocycles. The third-order valence-electron chi connectivity index (χ3n) is 2.36. The van der Waals surface area contributed by atoms with Gasteiger partial charge in [-0.3, -0.25) is 4.99 Å². The Morgan fingerprint density at radius 3 is 2.65 bits per heavy atom. The number of hydrogen-bond donors (Lipinski definition) is 2. The highest BCUT2D eigenvalue weighted by Crippen LogP contribution is 2.29. The monoisotopic (exact) mass is 445 g/mol. The van der Waals surface area contributed by atoms with Crippen molar-refractivity contribution < 1.29 is 22.6 Å². The zero-order valence-corrected chi connectivity index (χ0v) is 14.6. The van der Waals surface area contributed by atoms with Gasteiger partial charge < -0.3 is 20.5 Å². The lowest BCUT2D eigenvalue weighted by Crippen LogP contribution is -2.25. The molecule has 0 aliphatic carbocycles. The number of alkyl halides is 3. The van der Waals surface area contributed by atoms with Crippen molar-refractivity contribution >= 4 is 35.6 Å². The Morgan fingerprint density at radius 2 is 2.00 bits per heavy atom. The Hall–Kier alpha value is -1.49. The van der Waals surface area contributed by atoms with Crippen LogP contribution in [0.3, 0.4) is 0 Å². The number of benzene rings is 1. The minimum Gasteiger partial charge on any atom is -0.404 e. The molecule has 1 aromatic carbocycles. The third-order valence-corrected chi connectivity index (χ3v) is 2.36. The van der Waals surface area contributed by atoms with Gasteiger partial charge in [-0.1, -0.05) is 18.2 Å². The molecular formula is C14H19F3IN3O2. The summed E-state index contributed by atoms with van der Waals surface area (Å²) < 4.78 is 45.9. The van der Waals surface area contributed by atoms with Crippen LogP contribution in [0.2, 0.25) is 0 Å². The first-order valence-electron chi connectivity index (χ1n) is 6.52. The summed E-state index contributed by atoms with van der Waals surface area (Å²) in [5, 5.41) is 2.57. The van der Waals surface area contributed by atoms with Crippen molar-refractivity contribution in [3.63, 3.8) is 0 Å². The Bertz CT molecular complexity index is 510. The molecule has 0 spiro atoms. The van der Waals surface area contributed by atoms with Crippen LogP contribution >= 0.6 is 24.0 Å². The van der Waals surface area contributed by atoms with Gasteiger partial charge in [0, 0.05) is 0 Å². The summed E-state index contributed by atoms with van der Waals surface area (Å²) in [5.41, 5.74) is 5.69. The van der Waals surface area contributed by atoms with Crippen molar-refractivity contribution in [1.29, 1.82) is 0 Å². The maximum atomic E-state index is 12.3. The van der Waals surface area contributed by atoms with Gasteiger partial charge in [0.25, 0.3) is 0 Å². The standard InChI is InChI=1S/C14H18F3N3O2.HI/c1-2-3-9-21-10-8-19-13(18)20-11-6-4-5-7-12(11)22-14(15,16)17;/h2,4-7H,1,3,8-10H2,(H3,18,19,20);1H. The fourth-order valence-electron chi connectivity index (χ4n) is 1.46. The molecule has 23 heavy (non-hydrogen) atoms. The molecule has 130 valence electrons. The highest BCUT2D eigenvalue weighted by Gasteiger charge is 2.32. The SMILES string of the molecule is C=CCCOCCN=C(N)Nc1ccccc1OC(F)(F)F.I. The first-order chi connectivity index (χ1) is 10.4. The molecule has 0 heterocycles. The van der Waals surface area contributed by atoms with Gasteiger partial charge in [0.2, 0.25) is 0 Å². The van der Waals surface area contributed by atoms with Crippen molar-refractivity contribution in [2.24, 2.45) is 10.7 Å². The van der Waals surface area contributed by atoms with E-state index in [0.29, 0.717) is 13.2 Å². The van der Waals surface area contributed by atoms with Crippen LogP contribution in [-0.2, 0) is 4.74 Å². The molecule has 0 amide bonds. The first kappa shape index (κ1) is 21.5. The number of hydrogen-bond acceptors (Lipinski definition) is 3. The van der Waals surface area contributed by atoms with E-state index < -0.39 is 6.36 Å². The van der Waals surface area contributed by atoms with E-state index in [-0.39, 0.29) is 47.9 Å². The average molecular weight is 445 g/mol. The molecular weight excluding hydrogens is 426 g/mol. The van der Waals surface area contributed by atoms with Crippen molar-refractivity contribution in [1.82, 2.24) is 0 Å². The van der Waals surface area contributed by atoms with E-state index in [2.05, 4.69) is 21.6 Å². The summed E-state index contributed by atoms with van der Waals surface area (Å²) >= 11 is 0. The number of ether oxygens (including phenoxy) is 2. The fraction of sp³-hybridized carbons (Fsp3) is 0.357. The highest BCUT2D eigenvalue weighted by molar-refractivity contribution is 14.0. The van der Waals surface area contributed by atoms with Crippen LogP contribution in [0.15, 0.2) is 41.9 Å². The van der Waals surface area contributed by atoms with Gasteiger partial charge in [0.05, 0.1) is 25.4 Å². The largest absolute Gasteiger partial charge is 0.573 e. The molecule has 0 bridgehead atoms. The van der Waals surface area contributed by atoms with Crippen molar-refractivity contribution in [3.8, 4) is 5.75 Å². The van der Waals surface area contributed by atoms with E-state index in [0.717, 1.165) is 6.42 Å². The number of guanidine groups is 1. The lowest BCUT2D eigenvalue weighted by atomic mass is 10.3. The zero-order valence-electron chi connectivity index (χ0n) is 12.3. The van der Waals surface area contributed by atoms with Crippen LogP contribution in [0.4, 0.5) is 18.9 Å². The molecule has 0 aromatic heterocycles. The van der Waals surface area contributed by atoms with Crippen LogP contribution in [0, 0.1) is 0 Å². The quantitative estimate of drug-likeness (QED) is 0.211. The molecule has 1 aromatic rings. The van der Waals surface area contributed by atoms with Gasteiger partial charge in [-0.05, 0) is 18.6 Å². The van der Waals surface area contributed by atoms with E-state index in [4.69, 9.17) is 10.5 Å². The lowest BCUT2D eigenvalue weighted by Gasteiger charge is -2.14. The lowest BCUT2D eigenvalue weighted by molar-refractivity contribution is -0.274. The Morgan fingerprint density at radius 1 is 1.30 bits per heavy atom. The Balaban J connectivity index is 0.00000484. The van der Waals surface area contributed by atoms with E-state index >= 15 is 0 Å². The number of nitrogens with two attached hydrogens (primary N) is 1. The van der Waals surface area contributed by atoms with Crippen LogP contribution in [0.1, 0.15) is 6.42 Å². The molecule has 0 aliphatic rings. The van der Waals surface area contributed by atoms with Crippen molar-refractivity contribution in [3.05, 3.63) is 36.9 Å². The van der Waals surface area contributed by atoms with E-state index in [1.807, 2.05) is 0 Å². The average Bonchev–Trinajstić information content (AvgIpc) is 2.43. The van der Waals surface area contributed by atoms with Crippen LogP contribution in [-0.4, -0.2) is 32.1 Å². The summed E-state index contributed by atoms with van der Waals surface area (Å²) in [7, 11) is 0. The third kappa shape index (κ3) is 10.00. The van der Waals surface area contributed by atoms with Crippen LogP contribution in [0.5, 0.6) is 5.75 Å². The molecule has 0 saturated carbocycles. The van der Waals surface area contributed by atoms with Gasteiger partial charge in [-0.25, -0.2) is 0 Å². The van der Waals surface area contributed by atoms with Gasteiger partial charge >= 0.3 is 6.36 Å². The second kappa shape index (κ2) is 11.1. The number of rotatable bonds is 8. The minimum atomic E-state index is -4.78. The highest BCUT2D eigenvalue weighted by atomic mass is 127. The molecule has 0 radical (unpaired) electrons. The number of nitrogens with one attached hydrogen (secondary N) is 1. The maximum Gasteiger partial charge on any atom is 0.573 e. The van der Waals surface area contributed by atoms with Crippen LogP contribution < -0.4 is 15.8 Å². The topological polar surface area (TPSA) is 68.9 Å². The second-order valence-corrected chi connectivity index (χ2v) is 4.13. The number of nitrogens with zero attached hydrogens (tertiary/aromatic N) is 1. The van der Waals surface area contributed by atoms with E-state index in [1.54, 1.807) is 12.1 Å². The molecule has 0 atom stereocenters. The summed E-state index contributed by atoms with van der Waals surface area (Å²) in [5.74, 6) is -0.402. The van der Waals surface area contributed by atoms with E-state index in [9.17, 15) is 13.2 Å². The summed E-state index contributed by atoms with van der Waals surface area (Å²) in [4.78, 5) is 3.95. The maximum absolute atomic E-state index is 12.3. The Kier molecular flexibility index (Phi) is 10.4. The molecule has 0 saturated heterocycles. The van der Waals surface area contributed by atoms with Gasteiger partial charge in [0.15, 0.2) is 11.7 Å². The normalized spacial score (nSPS) is 11.5. The number of aliphatic imine (C=N–C) groups is 1. The molecule has 9 heteroatoms. The molecule has 0 fully saturated rings. The van der Waals surface area contributed by atoms with Crippen molar-refractivity contribution in [2.45, 2.75) is 12.8 Å². The zero-order chi connectivity index (χ0) is 16.4. The summed E-state index contributed by atoms with van der Waals surface area (Å²) in [6.07, 6.45) is -2.31.